The van der Waals surface area contributed by atoms with Crippen LogP contribution in [0.25, 0.3) is 0 Å². The van der Waals surface area contributed by atoms with Gasteiger partial charge in [0.05, 0.1) is 5.02 Å². The molecule has 3 rings (SSSR count). The molecule has 1 atom stereocenters. The molecule has 2 aromatic heterocycles. The third-order valence-electron chi connectivity index (χ3n) is 4.19. The van der Waals surface area contributed by atoms with Gasteiger partial charge >= 0.3 is 0 Å². The van der Waals surface area contributed by atoms with Gasteiger partial charge in [0.15, 0.2) is 5.96 Å². The molecule has 6 nitrogen and oxygen atoms in total. The molecule has 0 spiro atoms. The van der Waals surface area contributed by atoms with E-state index in [1.165, 1.54) is 0 Å². The second kappa shape index (κ2) is 8.67. The second-order valence-corrected chi connectivity index (χ2v) is 6.36. The summed E-state index contributed by atoms with van der Waals surface area (Å²) in [5.74, 6) is 1.67. The van der Waals surface area contributed by atoms with Crippen molar-refractivity contribution in [2.24, 2.45) is 4.99 Å². The van der Waals surface area contributed by atoms with Gasteiger partial charge < -0.3 is 15.5 Å². The van der Waals surface area contributed by atoms with Crippen molar-refractivity contribution in [3.8, 4) is 0 Å². The van der Waals surface area contributed by atoms with Crippen LogP contribution in [-0.4, -0.2) is 48.7 Å². The molecule has 0 radical (unpaired) electrons. The number of anilines is 1. The van der Waals surface area contributed by atoms with Gasteiger partial charge in [-0.15, -0.1) is 0 Å². The van der Waals surface area contributed by atoms with E-state index in [0.29, 0.717) is 11.1 Å². The molecule has 2 aromatic rings. The molecule has 25 heavy (non-hydrogen) atoms. The van der Waals surface area contributed by atoms with E-state index in [0.717, 1.165) is 49.9 Å². The monoisotopic (exact) mass is 358 g/mol. The summed E-state index contributed by atoms with van der Waals surface area (Å²) >= 11 is 6.25. The van der Waals surface area contributed by atoms with Crippen molar-refractivity contribution in [2.75, 3.05) is 31.6 Å². The van der Waals surface area contributed by atoms with Gasteiger partial charge in [-0.05, 0) is 30.7 Å². The number of nitrogens with zero attached hydrogens (tertiary/aromatic N) is 4. The largest absolute Gasteiger partial charge is 0.356 e. The minimum absolute atomic E-state index is 0.319. The normalized spacial score (nSPS) is 17.6. The Kier molecular flexibility index (Phi) is 6.06. The highest BCUT2D eigenvalue weighted by Gasteiger charge is 2.25. The van der Waals surface area contributed by atoms with E-state index in [2.05, 4.69) is 30.5 Å². The summed E-state index contributed by atoms with van der Waals surface area (Å²) in [6, 6.07) is 10.0. The number of hydrogen-bond acceptors (Lipinski definition) is 4. The van der Waals surface area contributed by atoms with Crippen LogP contribution in [0.1, 0.15) is 12.1 Å². The molecule has 1 saturated heterocycles. The quantitative estimate of drug-likeness (QED) is 0.633. The summed E-state index contributed by atoms with van der Waals surface area (Å²) in [5, 5.41) is 7.52. The fourth-order valence-corrected chi connectivity index (χ4v) is 3.16. The minimum atomic E-state index is 0.319. The molecule has 0 bridgehead atoms. The first-order valence-corrected chi connectivity index (χ1v) is 8.86. The molecule has 0 saturated carbocycles. The molecular formula is C18H23ClN6. The third kappa shape index (κ3) is 4.82. The third-order valence-corrected chi connectivity index (χ3v) is 4.49. The van der Waals surface area contributed by atoms with Crippen LogP contribution in [0.3, 0.4) is 0 Å². The van der Waals surface area contributed by atoms with E-state index in [1.54, 1.807) is 13.2 Å². The van der Waals surface area contributed by atoms with Gasteiger partial charge in [-0.3, -0.25) is 9.98 Å². The van der Waals surface area contributed by atoms with E-state index >= 15 is 0 Å². The van der Waals surface area contributed by atoms with Crippen LogP contribution >= 0.6 is 11.6 Å². The zero-order valence-corrected chi connectivity index (χ0v) is 15.1. The van der Waals surface area contributed by atoms with E-state index in [1.807, 2.05) is 36.5 Å². The van der Waals surface area contributed by atoms with Crippen molar-refractivity contribution < 1.29 is 0 Å². The molecule has 1 unspecified atom stereocenters. The lowest BCUT2D eigenvalue weighted by Crippen LogP contribution is -2.45. The van der Waals surface area contributed by atoms with E-state index in [4.69, 9.17) is 11.6 Å². The SMILES string of the molecule is CN=C(NCCc1ccccn1)NC1CCN(c2ncccc2Cl)C1. The van der Waals surface area contributed by atoms with E-state index in [-0.39, 0.29) is 0 Å². The highest BCUT2D eigenvalue weighted by atomic mass is 35.5. The fourth-order valence-electron chi connectivity index (χ4n) is 2.92. The van der Waals surface area contributed by atoms with Crippen LogP contribution in [0.2, 0.25) is 5.02 Å². The number of pyridine rings is 2. The summed E-state index contributed by atoms with van der Waals surface area (Å²) in [4.78, 5) is 15.2. The lowest BCUT2D eigenvalue weighted by atomic mass is 10.2. The number of rotatable bonds is 5. The Morgan fingerprint density at radius 2 is 2.16 bits per heavy atom. The zero-order chi connectivity index (χ0) is 17.5. The number of halogens is 1. The lowest BCUT2D eigenvalue weighted by molar-refractivity contribution is 0.647. The standard InChI is InChI=1S/C18H23ClN6/c1-20-18(23-11-7-14-5-2-3-9-21-14)24-15-8-12-25(13-15)17-16(19)6-4-10-22-17/h2-6,9-10,15H,7-8,11-13H2,1H3,(H2,20,23,24). The van der Waals surface area contributed by atoms with Gasteiger partial charge in [0.1, 0.15) is 5.82 Å². The van der Waals surface area contributed by atoms with Crippen molar-refractivity contribution in [1.82, 2.24) is 20.6 Å². The number of nitrogens with one attached hydrogen (secondary N) is 2. The molecule has 132 valence electrons. The molecule has 3 heterocycles. The first kappa shape index (κ1) is 17.5. The van der Waals surface area contributed by atoms with Crippen molar-refractivity contribution in [1.29, 1.82) is 0 Å². The Hall–Kier alpha value is -2.34. The summed E-state index contributed by atoms with van der Waals surface area (Å²) in [5.41, 5.74) is 1.07. The average Bonchev–Trinajstić information content (AvgIpc) is 3.10. The van der Waals surface area contributed by atoms with Gasteiger partial charge in [0, 0.05) is 57.2 Å². The molecule has 1 fully saturated rings. The van der Waals surface area contributed by atoms with Gasteiger partial charge in [0.25, 0.3) is 0 Å². The number of hydrogen-bond donors (Lipinski definition) is 2. The van der Waals surface area contributed by atoms with Crippen molar-refractivity contribution in [2.45, 2.75) is 18.9 Å². The van der Waals surface area contributed by atoms with Gasteiger partial charge in [-0.25, -0.2) is 4.98 Å². The van der Waals surface area contributed by atoms with Crippen LogP contribution in [-0.2, 0) is 6.42 Å². The maximum Gasteiger partial charge on any atom is 0.191 e. The van der Waals surface area contributed by atoms with Crippen LogP contribution < -0.4 is 15.5 Å². The predicted octanol–water partition coefficient (Wildman–Crippen LogP) is 2.12. The highest BCUT2D eigenvalue weighted by Crippen LogP contribution is 2.25. The lowest BCUT2D eigenvalue weighted by Gasteiger charge is -2.20. The Morgan fingerprint density at radius 3 is 2.92 bits per heavy atom. The highest BCUT2D eigenvalue weighted by molar-refractivity contribution is 6.32. The second-order valence-electron chi connectivity index (χ2n) is 5.95. The predicted molar refractivity (Wildman–Crippen MR) is 102 cm³/mol. The van der Waals surface area contributed by atoms with Crippen LogP contribution in [0, 0.1) is 0 Å². The summed E-state index contributed by atoms with van der Waals surface area (Å²) in [7, 11) is 1.79. The van der Waals surface area contributed by atoms with Gasteiger partial charge in [-0.2, -0.15) is 0 Å². The fraction of sp³-hybridized carbons (Fsp3) is 0.389. The minimum Gasteiger partial charge on any atom is -0.356 e. The molecule has 7 heteroatoms. The maximum atomic E-state index is 6.25. The molecule has 1 aliphatic heterocycles. The molecular weight excluding hydrogens is 336 g/mol. The number of aromatic nitrogens is 2. The molecule has 2 N–H and O–H groups in total. The molecule has 0 amide bonds. The van der Waals surface area contributed by atoms with Crippen molar-refractivity contribution >= 4 is 23.4 Å². The topological polar surface area (TPSA) is 65.4 Å². The average molecular weight is 359 g/mol. The first-order chi connectivity index (χ1) is 12.3. The molecule has 1 aliphatic rings. The van der Waals surface area contributed by atoms with Crippen LogP contribution in [0.15, 0.2) is 47.7 Å². The van der Waals surface area contributed by atoms with Crippen LogP contribution in [0.5, 0.6) is 0 Å². The summed E-state index contributed by atoms with van der Waals surface area (Å²) in [6.07, 6.45) is 5.48. The number of aliphatic imine (C=N–C) groups is 1. The first-order valence-electron chi connectivity index (χ1n) is 8.49. The van der Waals surface area contributed by atoms with Gasteiger partial charge in [-0.1, -0.05) is 17.7 Å². The number of guanidine groups is 1. The van der Waals surface area contributed by atoms with E-state index in [9.17, 15) is 0 Å². The molecule has 0 aliphatic carbocycles. The summed E-state index contributed by atoms with van der Waals surface area (Å²) in [6.45, 7) is 2.58. The smallest absolute Gasteiger partial charge is 0.191 e. The van der Waals surface area contributed by atoms with Gasteiger partial charge in [0.2, 0.25) is 0 Å². The maximum absolute atomic E-state index is 6.25. The van der Waals surface area contributed by atoms with E-state index < -0.39 is 0 Å². The van der Waals surface area contributed by atoms with Crippen LogP contribution in [0.4, 0.5) is 5.82 Å². The molecule has 0 aromatic carbocycles. The zero-order valence-electron chi connectivity index (χ0n) is 14.3. The Balaban J connectivity index is 1.47. The summed E-state index contributed by atoms with van der Waals surface area (Å²) < 4.78 is 0. The Labute approximate surface area is 153 Å². The Morgan fingerprint density at radius 1 is 1.28 bits per heavy atom. The van der Waals surface area contributed by atoms with Crippen molar-refractivity contribution in [3.05, 3.63) is 53.4 Å². The Bertz CT molecular complexity index is 706. The van der Waals surface area contributed by atoms with Crippen molar-refractivity contribution in [3.63, 3.8) is 0 Å².